The fourth-order valence-corrected chi connectivity index (χ4v) is 4.42. The van der Waals surface area contributed by atoms with Gasteiger partial charge in [0.25, 0.3) is 11.8 Å². The van der Waals surface area contributed by atoms with Gasteiger partial charge in [0.1, 0.15) is 5.92 Å². The van der Waals surface area contributed by atoms with Gasteiger partial charge in [0.15, 0.2) is 5.82 Å². The normalized spacial score (nSPS) is 21.1. The molecule has 8 nitrogen and oxygen atoms in total. The van der Waals surface area contributed by atoms with Crippen LogP contribution < -0.4 is 5.01 Å². The van der Waals surface area contributed by atoms with Crippen molar-refractivity contribution >= 4 is 23.8 Å². The van der Waals surface area contributed by atoms with Crippen LogP contribution in [-0.2, 0) is 4.79 Å². The summed E-state index contributed by atoms with van der Waals surface area (Å²) >= 11 is 0. The number of hydrogen-bond donors (Lipinski definition) is 0. The summed E-state index contributed by atoms with van der Waals surface area (Å²) in [5.41, 5.74) is 2.76. The van der Waals surface area contributed by atoms with Gasteiger partial charge in [-0.05, 0) is 55.2 Å². The SMILES string of the molecule is Cc1cc(C#N)ccc1C1C=NN(c2ccc(C(=O)N3CCN(C4CC4)CC3)cn2)C1=O. The Morgan fingerprint density at radius 3 is 2.53 bits per heavy atom. The van der Waals surface area contributed by atoms with Crippen LogP contribution in [0.4, 0.5) is 5.82 Å². The molecule has 2 aliphatic heterocycles. The van der Waals surface area contributed by atoms with Crippen LogP contribution in [-0.4, -0.2) is 65.0 Å². The lowest BCUT2D eigenvalue weighted by Crippen LogP contribution is -2.49. The topological polar surface area (TPSA) is 92.9 Å². The highest BCUT2D eigenvalue weighted by atomic mass is 16.2. The number of amides is 2. The van der Waals surface area contributed by atoms with Crippen LogP contribution >= 0.6 is 0 Å². The highest BCUT2D eigenvalue weighted by Gasteiger charge is 2.34. The molecule has 1 aromatic carbocycles. The number of hydrazone groups is 1. The third kappa shape index (κ3) is 3.76. The van der Waals surface area contributed by atoms with Crippen molar-refractivity contribution in [3.8, 4) is 6.07 Å². The number of hydrogen-bond acceptors (Lipinski definition) is 6. The zero-order valence-corrected chi connectivity index (χ0v) is 17.9. The number of anilines is 1. The van der Waals surface area contributed by atoms with Crippen molar-refractivity contribution in [1.29, 1.82) is 5.26 Å². The molecule has 0 spiro atoms. The zero-order valence-electron chi connectivity index (χ0n) is 17.9. The van der Waals surface area contributed by atoms with Gasteiger partial charge in [0.2, 0.25) is 0 Å². The number of carbonyl (C=O) groups is 2. The zero-order chi connectivity index (χ0) is 22.2. The Bertz CT molecular complexity index is 1120. The quantitative estimate of drug-likeness (QED) is 0.745. The number of rotatable bonds is 4. The highest BCUT2D eigenvalue weighted by Crippen LogP contribution is 2.29. The molecule has 1 aliphatic carbocycles. The maximum atomic E-state index is 13.0. The summed E-state index contributed by atoms with van der Waals surface area (Å²) in [5, 5.41) is 14.6. The maximum absolute atomic E-state index is 13.0. The largest absolute Gasteiger partial charge is 0.336 e. The minimum absolute atomic E-state index is 0.0261. The number of nitrogens with zero attached hydrogens (tertiary/aromatic N) is 6. The molecule has 2 fully saturated rings. The van der Waals surface area contributed by atoms with Crippen LogP contribution in [0.25, 0.3) is 0 Å². The van der Waals surface area contributed by atoms with Crippen molar-refractivity contribution in [2.45, 2.75) is 31.7 Å². The Balaban J connectivity index is 1.25. The van der Waals surface area contributed by atoms with E-state index in [1.165, 1.54) is 24.0 Å². The van der Waals surface area contributed by atoms with Gasteiger partial charge in [-0.1, -0.05) is 6.07 Å². The number of benzene rings is 1. The number of aryl methyl sites for hydroxylation is 1. The van der Waals surface area contributed by atoms with Crippen molar-refractivity contribution in [2.75, 3.05) is 31.2 Å². The first-order valence-electron chi connectivity index (χ1n) is 10.9. The molecule has 3 heterocycles. The van der Waals surface area contributed by atoms with E-state index in [0.29, 0.717) is 16.9 Å². The summed E-state index contributed by atoms with van der Waals surface area (Å²) < 4.78 is 0. The predicted molar refractivity (Wildman–Crippen MR) is 119 cm³/mol. The molecule has 1 aromatic heterocycles. The van der Waals surface area contributed by atoms with Crippen molar-refractivity contribution in [3.63, 3.8) is 0 Å². The van der Waals surface area contributed by atoms with Crippen LogP contribution in [0.2, 0.25) is 0 Å². The van der Waals surface area contributed by atoms with E-state index in [9.17, 15) is 9.59 Å². The number of piperazine rings is 1. The van der Waals surface area contributed by atoms with Crippen LogP contribution in [0, 0.1) is 18.3 Å². The molecule has 3 aliphatic rings. The molecule has 1 unspecified atom stereocenters. The molecule has 8 heteroatoms. The van der Waals surface area contributed by atoms with Gasteiger partial charge in [-0.25, -0.2) is 4.98 Å². The second-order valence-electron chi connectivity index (χ2n) is 8.54. The number of nitriles is 1. The van der Waals surface area contributed by atoms with E-state index in [1.54, 1.807) is 36.5 Å². The van der Waals surface area contributed by atoms with Crippen molar-refractivity contribution in [3.05, 3.63) is 58.8 Å². The molecule has 2 amide bonds. The van der Waals surface area contributed by atoms with E-state index >= 15 is 0 Å². The van der Waals surface area contributed by atoms with Crippen LogP contribution in [0.15, 0.2) is 41.6 Å². The highest BCUT2D eigenvalue weighted by molar-refractivity contribution is 6.12. The first-order valence-corrected chi connectivity index (χ1v) is 10.9. The van der Waals surface area contributed by atoms with Crippen LogP contribution in [0.5, 0.6) is 0 Å². The fourth-order valence-electron chi connectivity index (χ4n) is 4.42. The van der Waals surface area contributed by atoms with E-state index in [1.807, 2.05) is 11.8 Å². The van der Waals surface area contributed by atoms with Gasteiger partial charge in [0.05, 0.1) is 17.2 Å². The Kier molecular flexibility index (Phi) is 5.19. The summed E-state index contributed by atoms with van der Waals surface area (Å²) in [5.74, 6) is -0.369. The second kappa shape index (κ2) is 8.17. The monoisotopic (exact) mass is 428 g/mol. The average molecular weight is 428 g/mol. The smallest absolute Gasteiger partial charge is 0.261 e. The van der Waals surface area contributed by atoms with Crippen molar-refractivity contribution < 1.29 is 9.59 Å². The Morgan fingerprint density at radius 2 is 1.91 bits per heavy atom. The van der Waals surface area contributed by atoms with E-state index < -0.39 is 5.92 Å². The van der Waals surface area contributed by atoms with Gasteiger partial charge >= 0.3 is 0 Å². The van der Waals surface area contributed by atoms with E-state index in [4.69, 9.17) is 5.26 Å². The third-order valence-electron chi connectivity index (χ3n) is 6.42. The van der Waals surface area contributed by atoms with Crippen LogP contribution in [0.1, 0.15) is 45.8 Å². The molecule has 1 saturated carbocycles. The first-order chi connectivity index (χ1) is 15.5. The van der Waals surface area contributed by atoms with E-state index in [2.05, 4.69) is 21.1 Å². The Hall–Kier alpha value is -3.57. The molecular weight excluding hydrogens is 404 g/mol. The molecule has 0 bridgehead atoms. The van der Waals surface area contributed by atoms with Crippen molar-refractivity contribution in [2.24, 2.45) is 5.10 Å². The lowest BCUT2D eigenvalue weighted by Gasteiger charge is -2.34. The predicted octanol–water partition coefficient (Wildman–Crippen LogP) is 2.30. The van der Waals surface area contributed by atoms with Gasteiger partial charge in [0, 0.05) is 44.6 Å². The summed E-state index contributed by atoms with van der Waals surface area (Å²) in [6.45, 7) is 5.20. The molecule has 1 atom stereocenters. The molecule has 1 saturated heterocycles. The third-order valence-corrected chi connectivity index (χ3v) is 6.42. The number of carbonyl (C=O) groups excluding carboxylic acids is 2. The molecule has 32 heavy (non-hydrogen) atoms. The maximum Gasteiger partial charge on any atom is 0.261 e. The lowest BCUT2D eigenvalue weighted by molar-refractivity contribution is -0.118. The molecule has 0 N–H and O–H groups in total. The Morgan fingerprint density at radius 1 is 1.12 bits per heavy atom. The van der Waals surface area contributed by atoms with Gasteiger partial charge < -0.3 is 4.90 Å². The summed E-state index contributed by atoms with van der Waals surface area (Å²) in [6.07, 6.45) is 5.68. The number of pyridine rings is 1. The van der Waals surface area contributed by atoms with Gasteiger partial charge in [-0.2, -0.15) is 15.4 Å². The van der Waals surface area contributed by atoms with E-state index in [-0.39, 0.29) is 11.8 Å². The first kappa shape index (κ1) is 20.3. The molecule has 5 rings (SSSR count). The number of aromatic nitrogens is 1. The average Bonchev–Trinajstić information content (AvgIpc) is 3.61. The molecule has 162 valence electrons. The second-order valence-corrected chi connectivity index (χ2v) is 8.54. The fraction of sp³-hybridized carbons (Fsp3) is 0.375. The van der Waals surface area contributed by atoms with Crippen LogP contribution in [0.3, 0.4) is 0 Å². The molecular formula is C24H24N6O2. The molecule has 2 aromatic rings. The minimum Gasteiger partial charge on any atom is -0.336 e. The Labute approximate surface area is 186 Å². The standard InChI is InChI=1S/C24H24N6O2/c1-16-12-17(13-25)2-6-20(16)21-15-27-30(24(21)32)22-7-3-18(14-26-22)23(31)29-10-8-28(9-11-29)19-4-5-19/h2-3,6-7,12,14-15,19,21H,4-5,8-11H2,1H3. The van der Waals surface area contributed by atoms with Gasteiger partial charge in [-0.15, -0.1) is 0 Å². The molecule has 0 radical (unpaired) electrons. The lowest BCUT2D eigenvalue weighted by atomic mass is 9.94. The summed E-state index contributed by atoms with van der Waals surface area (Å²) in [4.78, 5) is 34.5. The van der Waals surface area contributed by atoms with E-state index in [0.717, 1.165) is 43.3 Å². The summed E-state index contributed by atoms with van der Waals surface area (Å²) in [6, 6.07) is 11.5. The summed E-state index contributed by atoms with van der Waals surface area (Å²) in [7, 11) is 0. The minimum atomic E-state index is -0.520. The van der Waals surface area contributed by atoms with Crippen molar-refractivity contribution in [1.82, 2.24) is 14.8 Å². The van der Waals surface area contributed by atoms with Gasteiger partial charge in [-0.3, -0.25) is 14.5 Å².